The smallest absolute Gasteiger partial charge is 0.243 e. The van der Waals surface area contributed by atoms with E-state index in [0.29, 0.717) is 12.8 Å². The van der Waals surface area contributed by atoms with Crippen molar-refractivity contribution >= 4 is 11.8 Å². The molecule has 6 nitrogen and oxygen atoms in total. The van der Waals surface area contributed by atoms with Crippen LogP contribution >= 0.6 is 0 Å². The molecule has 0 radical (unpaired) electrons. The molecule has 0 heterocycles. The predicted molar refractivity (Wildman–Crippen MR) is 167 cm³/mol. The molecule has 0 saturated carbocycles. The molecule has 5 atom stereocenters. The van der Waals surface area contributed by atoms with E-state index in [1.807, 2.05) is 76.2 Å². The van der Waals surface area contributed by atoms with Crippen molar-refractivity contribution in [1.82, 2.24) is 10.6 Å². The van der Waals surface area contributed by atoms with Crippen molar-refractivity contribution in [3.63, 3.8) is 0 Å². The molecule has 41 heavy (non-hydrogen) atoms. The lowest BCUT2D eigenvalue weighted by Crippen LogP contribution is -2.55. The average molecular weight is 565 g/mol. The summed E-state index contributed by atoms with van der Waals surface area (Å²) in [5, 5.41) is 27.2. The number of allylic oxidation sites excluding steroid dienone is 1. The van der Waals surface area contributed by atoms with Crippen molar-refractivity contribution < 1.29 is 19.8 Å². The van der Waals surface area contributed by atoms with E-state index in [0.717, 1.165) is 30.4 Å². The first kappa shape index (κ1) is 34.2. The number of amides is 2. The number of nitrogens with one attached hydrogen (secondary N) is 2. The highest BCUT2D eigenvalue weighted by molar-refractivity contribution is 5.89. The summed E-state index contributed by atoms with van der Waals surface area (Å²) in [5.74, 6) is -1.31. The maximum absolute atomic E-state index is 13.8. The minimum Gasteiger partial charge on any atom is -0.394 e. The fourth-order valence-corrected chi connectivity index (χ4v) is 4.96. The molecule has 0 aromatic heterocycles. The molecule has 226 valence electrons. The SMILES string of the molecule is CCCC/C=C/[C@@H](Cc1ccccc1)[C@@H](O)C[C@H](Cc1ccccc1)C(=O)N[C@H](C(=O)N[C@H](CO)C(C)C)C(C)C. The largest absolute Gasteiger partial charge is 0.394 e. The molecule has 0 fully saturated rings. The normalized spacial score (nSPS) is 15.4. The second-order valence-corrected chi connectivity index (χ2v) is 11.9. The summed E-state index contributed by atoms with van der Waals surface area (Å²) in [4.78, 5) is 27.0. The van der Waals surface area contributed by atoms with Crippen molar-refractivity contribution in [2.24, 2.45) is 23.7 Å². The van der Waals surface area contributed by atoms with Gasteiger partial charge in [-0.3, -0.25) is 9.59 Å². The van der Waals surface area contributed by atoms with Gasteiger partial charge in [0.05, 0.1) is 18.8 Å². The molecule has 0 unspecified atom stereocenters. The quantitative estimate of drug-likeness (QED) is 0.142. The topological polar surface area (TPSA) is 98.7 Å². The summed E-state index contributed by atoms with van der Waals surface area (Å²) in [6.45, 7) is 9.65. The lowest BCUT2D eigenvalue weighted by molar-refractivity contribution is -0.133. The Bertz CT molecular complexity index is 1040. The van der Waals surface area contributed by atoms with Crippen molar-refractivity contribution in [2.75, 3.05) is 6.61 Å². The minimum atomic E-state index is -0.750. The molecule has 0 aliphatic heterocycles. The third-order valence-corrected chi connectivity index (χ3v) is 7.71. The summed E-state index contributed by atoms with van der Waals surface area (Å²) >= 11 is 0. The Balaban J connectivity index is 2.28. The van der Waals surface area contributed by atoms with Crippen LogP contribution in [0.2, 0.25) is 0 Å². The van der Waals surface area contributed by atoms with Crippen LogP contribution in [0.3, 0.4) is 0 Å². The van der Waals surface area contributed by atoms with Crippen molar-refractivity contribution in [3.05, 3.63) is 83.9 Å². The molecule has 4 N–H and O–H groups in total. The molecule has 0 saturated heterocycles. The van der Waals surface area contributed by atoms with E-state index in [4.69, 9.17) is 0 Å². The van der Waals surface area contributed by atoms with Crippen LogP contribution in [0.4, 0.5) is 0 Å². The summed E-state index contributed by atoms with van der Waals surface area (Å²) in [6.07, 6.45) is 8.09. The number of hydrogen-bond acceptors (Lipinski definition) is 4. The second-order valence-electron chi connectivity index (χ2n) is 11.9. The van der Waals surface area contributed by atoms with Gasteiger partial charge in [-0.1, -0.05) is 120 Å². The summed E-state index contributed by atoms with van der Waals surface area (Å²) < 4.78 is 0. The molecule has 2 aromatic rings. The number of carbonyl (C=O) groups excluding carboxylic acids is 2. The van der Waals surface area contributed by atoms with E-state index in [9.17, 15) is 19.8 Å². The van der Waals surface area contributed by atoms with E-state index in [-0.39, 0.29) is 48.6 Å². The second kappa shape index (κ2) is 18.5. The fraction of sp³-hybridized carbons (Fsp3) is 0.543. The van der Waals surface area contributed by atoms with Crippen LogP contribution in [0.15, 0.2) is 72.8 Å². The molecule has 0 spiro atoms. The lowest BCUT2D eigenvalue weighted by atomic mass is 9.84. The Kier molecular flexibility index (Phi) is 15.4. The maximum atomic E-state index is 13.8. The number of hydrogen-bond donors (Lipinski definition) is 4. The molecule has 2 amide bonds. The average Bonchev–Trinajstić information content (AvgIpc) is 2.96. The summed E-state index contributed by atoms with van der Waals surface area (Å²) in [6, 6.07) is 18.8. The van der Waals surface area contributed by atoms with Gasteiger partial charge in [0, 0.05) is 11.8 Å². The number of unbranched alkanes of at least 4 members (excludes halogenated alkanes) is 2. The van der Waals surface area contributed by atoms with Crippen LogP contribution in [0, 0.1) is 23.7 Å². The standard InChI is InChI=1S/C35H52N2O4/c1-6-7-8-15-20-29(21-27-16-11-9-12-17-27)32(39)23-30(22-28-18-13-10-14-19-28)34(40)37-33(26(4)5)35(41)36-31(24-38)25(2)3/h9-20,25-26,29-33,38-39H,6-8,21-24H2,1-5H3,(H,36,41)(H,37,40)/b20-15+/t29-,30-,31+,32-,33-/m0/s1. The van der Waals surface area contributed by atoms with Crippen LogP contribution in [0.5, 0.6) is 0 Å². The van der Waals surface area contributed by atoms with Crippen LogP contribution in [-0.2, 0) is 22.4 Å². The van der Waals surface area contributed by atoms with Gasteiger partial charge in [0.25, 0.3) is 0 Å². The fourth-order valence-electron chi connectivity index (χ4n) is 4.96. The predicted octanol–water partition coefficient (Wildman–Crippen LogP) is 5.48. The Hall–Kier alpha value is -2.96. The molecular formula is C35H52N2O4. The van der Waals surface area contributed by atoms with Gasteiger partial charge in [0.1, 0.15) is 6.04 Å². The van der Waals surface area contributed by atoms with Crippen LogP contribution in [-0.4, -0.2) is 46.8 Å². The Morgan fingerprint density at radius 3 is 1.93 bits per heavy atom. The Morgan fingerprint density at radius 2 is 1.41 bits per heavy atom. The van der Waals surface area contributed by atoms with Crippen LogP contribution in [0.25, 0.3) is 0 Å². The van der Waals surface area contributed by atoms with E-state index in [2.05, 4.69) is 41.8 Å². The molecule has 2 rings (SSSR count). The minimum absolute atomic E-state index is 0.0559. The molecular weight excluding hydrogens is 512 g/mol. The van der Waals surface area contributed by atoms with E-state index >= 15 is 0 Å². The number of carbonyl (C=O) groups is 2. The van der Waals surface area contributed by atoms with E-state index < -0.39 is 18.1 Å². The molecule has 0 aliphatic carbocycles. The van der Waals surface area contributed by atoms with Crippen LogP contribution in [0.1, 0.15) is 71.4 Å². The summed E-state index contributed by atoms with van der Waals surface area (Å²) in [5.41, 5.74) is 2.14. The number of benzene rings is 2. The summed E-state index contributed by atoms with van der Waals surface area (Å²) in [7, 11) is 0. The van der Waals surface area contributed by atoms with Gasteiger partial charge in [-0.2, -0.15) is 0 Å². The first-order chi connectivity index (χ1) is 19.7. The molecule has 6 heteroatoms. The Labute approximate surface area is 247 Å². The van der Waals surface area contributed by atoms with Gasteiger partial charge in [-0.05, 0) is 48.6 Å². The maximum Gasteiger partial charge on any atom is 0.243 e. The molecule has 0 aliphatic rings. The number of rotatable bonds is 18. The zero-order valence-corrected chi connectivity index (χ0v) is 25.6. The highest BCUT2D eigenvalue weighted by atomic mass is 16.3. The van der Waals surface area contributed by atoms with Gasteiger partial charge in [-0.15, -0.1) is 0 Å². The van der Waals surface area contributed by atoms with Crippen molar-refractivity contribution in [1.29, 1.82) is 0 Å². The Morgan fingerprint density at radius 1 is 0.829 bits per heavy atom. The van der Waals surface area contributed by atoms with Gasteiger partial charge in [-0.25, -0.2) is 0 Å². The van der Waals surface area contributed by atoms with Gasteiger partial charge >= 0.3 is 0 Å². The first-order valence-electron chi connectivity index (χ1n) is 15.3. The first-order valence-corrected chi connectivity index (χ1v) is 15.3. The third kappa shape index (κ3) is 12.2. The van der Waals surface area contributed by atoms with Gasteiger partial charge in [0.2, 0.25) is 11.8 Å². The lowest BCUT2D eigenvalue weighted by Gasteiger charge is -2.29. The number of aliphatic hydroxyl groups excluding tert-OH is 2. The molecule has 0 bridgehead atoms. The van der Waals surface area contributed by atoms with E-state index in [1.165, 1.54) is 0 Å². The zero-order chi connectivity index (χ0) is 30.2. The highest BCUT2D eigenvalue weighted by Crippen LogP contribution is 2.24. The monoisotopic (exact) mass is 564 g/mol. The third-order valence-electron chi connectivity index (χ3n) is 7.71. The van der Waals surface area contributed by atoms with Crippen molar-refractivity contribution in [2.45, 2.75) is 91.3 Å². The van der Waals surface area contributed by atoms with Gasteiger partial charge in [0.15, 0.2) is 0 Å². The number of aliphatic hydroxyl groups is 2. The highest BCUT2D eigenvalue weighted by Gasteiger charge is 2.32. The van der Waals surface area contributed by atoms with E-state index in [1.54, 1.807) is 0 Å². The van der Waals surface area contributed by atoms with Crippen molar-refractivity contribution in [3.8, 4) is 0 Å². The zero-order valence-electron chi connectivity index (χ0n) is 25.6. The van der Waals surface area contributed by atoms with Gasteiger partial charge < -0.3 is 20.8 Å². The van der Waals surface area contributed by atoms with Crippen LogP contribution < -0.4 is 10.6 Å². The molecule has 2 aromatic carbocycles.